The molecule has 5 heteroatoms. The minimum atomic E-state index is 0.132. The van der Waals surface area contributed by atoms with Crippen LogP contribution in [0.4, 0.5) is 0 Å². The van der Waals surface area contributed by atoms with Crippen LogP contribution >= 0.6 is 0 Å². The Morgan fingerprint density at radius 2 is 2.36 bits per heavy atom. The van der Waals surface area contributed by atoms with Crippen molar-refractivity contribution in [2.24, 2.45) is 13.0 Å². The van der Waals surface area contributed by atoms with Gasteiger partial charge in [-0.3, -0.25) is 4.79 Å². The molecule has 1 unspecified atom stereocenters. The third-order valence-electron chi connectivity index (χ3n) is 2.66. The Bertz CT molecular complexity index is 333. The largest absolute Gasteiger partial charge is 0.299 e. The SMILES string of the molecule is Cn1nnc(CC2CCCCC2=O)n1. The van der Waals surface area contributed by atoms with Crippen LogP contribution in [-0.4, -0.2) is 26.0 Å². The van der Waals surface area contributed by atoms with Crippen molar-refractivity contribution < 1.29 is 4.79 Å². The van der Waals surface area contributed by atoms with E-state index in [0.29, 0.717) is 18.0 Å². The van der Waals surface area contributed by atoms with Gasteiger partial charge in [0.25, 0.3) is 0 Å². The maximum Gasteiger partial charge on any atom is 0.175 e. The first-order chi connectivity index (χ1) is 6.75. The first-order valence-electron chi connectivity index (χ1n) is 5.01. The monoisotopic (exact) mass is 194 g/mol. The minimum Gasteiger partial charge on any atom is -0.299 e. The van der Waals surface area contributed by atoms with Gasteiger partial charge in [0.05, 0.1) is 7.05 Å². The summed E-state index contributed by atoms with van der Waals surface area (Å²) in [6, 6.07) is 0. The normalized spacial score (nSPS) is 22.6. The first-order valence-corrected chi connectivity index (χ1v) is 5.01. The summed E-state index contributed by atoms with van der Waals surface area (Å²) < 4.78 is 0. The second-order valence-electron chi connectivity index (χ2n) is 3.81. The lowest BCUT2D eigenvalue weighted by Gasteiger charge is -2.18. The van der Waals surface area contributed by atoms with Gasteiger partial charge in [-0.1, -0.05) is 6.42 Å². The molecule has 0 radical (unpaired) electrons. The zero-order valence-corrected chi connectivity index (χ0v) is 8.31. The Morgan fingerprint density at radius 3 is 3.00 bits per heavy atom. The number of carbonyl (C=O) groups is 1. The molecule has 1 fully saturated rings. The Kier molecular flexibility index (Phi) is 2.56. The predicted molar refractivity (Wildman–Crippen MR) is 49.5 cm³/mol. The number of carbonyl (C=O) groups excluding carboxylic acids is 1. The van der Waals surface area contributed by atoms with E-state index in [1.807, 2.05) is 0 Å². The van der Waals surface area contributed by atoms with Crippen molar-refractivity contribution in [2.75, 3.05) is 0 Å². The van der Waals surface area contributed by atoms with Crippen molar-refractivity contribution in [1.29, 1.82) is 0 Å². The molecule has 0 spiro atoms. The van der Waals surface area contributed by atoms with Crippen LogP contribution < -0.4 is 0 Å². The number of Topliss-reactive ketones (excluding diaryl/α,β-unsaturated/α-hetero) is 1. The summed E-state index contributed by atoms with van der Waals surface area (Å²) in [6.07, 6.45) is 4.56. The lowest BCUT2D eigenvalue weighted by atomic mass is 9.86. The average Bonchev–Trinajstić information content (AvgIpc) is 2.56. The smallest absolute Gasteiger partial charge is 0.175 e. The fourth-order valence-electron chi connectivity index (χ4n) is 1.90. The Morgan fingerprint density at radius 1 is 1.50 bits per heavy atom. The van der Waals surface area contributed by atoms with Crippen molar-refractivity contribution in [3.05, 3.63) is 5.82 Å². The van der Waals surface area contributed by atoms with Crippen molar-refractivity contribution in [2.45, 2.75) is 32.1 Å². The van der Waals surface area contributed by atoms with E-state index in [9.17, 15) is 4.79 Å². The molecule has 1 aromatic heterocycles. The molecule has 0 saturated heterocycles. The summed E-state index contributed by atoms with van der Waals surface area (Å²) in [7, 11) is 1.74. The summed E-state index contributed by atoms with van der Waals surface area (Å²) in [6.45, 7) is 0. The van der Waals surface area contributed by atoms with Gasteiger partial charge in [-0.15, -0.1) is 10.2 Å². The van der Waals surface area contributed by atoms with Crippen LogP contribution in [0.15, 0.2) is 0 Å². The van der Waals surface area contributed by atoms with Gasteiger partial charge >= 0.3 is 0 Å². The number of tetrazole rings is 1. The standard InChI is InChI=1S/C9H14N4O/c1-13-11-9(10-12-13)6-7-4-2-3-5-8(7)14/h7H,2-6H2,1H3. The molecule has 0 bridgehead atoms. The van der Waals surface area contributed by atoms with Gasteiger partial charge in [-0.25, -0.2) is 0 Å². The number of aryl methyl sites for hydroxylation is 1. The Labute approximate surface area is 82.5 Å². The molecule has 0 N–H and O–H groups in total. The van der Waals surface area contributed by atoms with E-state index in [4.69, 9.17) is 0 Å². The van der Waals surface area contributed by atoms with Gasteiger partial charge in [0.2, 0.25) is 0 Å². The second-order valence-corrected chi connectivity index (χ2v) is 3.81. The van der Waals surface area contributed by atoms with Crippen LogP contribution in [0.2, 0.25) is 0 Å². The van der Waals surface area contributed by atoms with Crippen molar-refractivity contribution in [1.82, 2.24) is 20.2 Å². The zero-order valence-electron chi connectivity index (χ0n) is 8.31. The van der Waals surface area contributed by atoms with Gasteiger partial charge in [-0.05, 0) is 18.1 Å². The predicted octanol–water partition coefficient (Wildman–Crippen LogP) is 0.512. The number of hydrogen-bond acceptors (Lipinski definition) is 4. The highest BCUT2D eigenvalue weighted by molar-refractivity contribution is 5.81. The number of rotatable bonds is 2. The van der Waals surface area contributed by atoms with Crippen LogP contribution in [0.5, 0.6) is 0 Å². The van der Waals surface area contributed by atoms with Crippen LogP contribution in [-0.2, 0) is 18.3 Å². The fraction of sp³-hybridized carbons (Fsp3) is 0.778. The highest BCUT2D eigenvalue weighted by Crippen LogP contribution is 2.22. The molecule has 0 aliphatic heterocycles. The molecule has 0 amide bonds. The molecule has 1 aliphatic carbocycles. The third-order valence-corrected chi connectivity index (χ3v) is 2.66. The van der Waals surface area contributed by atoms with Crippen molar-refractivity contribution in [3.63, 3.8) is 0 Å². The Hall–Kier alpha value is -1.26. The van der Waals surface area contributed by atoms with Gasteiger partial charge in [0, 0.05) is 18.8 Å². The molecular formula is C9H14N4O. The van der Waals surface area contributed by atoms with E-state index in [1.54, 1.807) is 7.05 Å². The highest BCUT2D eigenvalue weighted by atomic mass is 16.1. The van der Waals surface area contributed by atoms with Gasteiger partial charge < -0.3 is 0 Å². The van der Waals surface area contributed by atoms with Crippen molar-refractivity contribution >= 4 is 5.78 Å². The maximum absolute atomic E-state index is 11.5. The summed E-state index contributed by atoms with van der Waals surface area (Å²) in [4.78, 5) is 13.0. The van der Waals surface area contributed by atoms with E-state index in [2.05, 4.69) is 15.4 Å². The van der Waals surface area contributed by atoms with E-state index in [1.165, 1.54) is 4.80 Å². The number of ketones is 1. The quantitative estimate of drug-likeness (QED) is 0.688. The number of nitrogens with zero attached hydrogens (tertiary/aromatic N) is 4. The second kappa shape index (κ2) is 3.86. The van der Waals surface area contributed by atoms with E-state index >= 15 is 0 Å². The molecule has 1 heterocycles. The maximum atomic E-state index is 11.5. The highest BCUT2D eigenvalue weighted by Gasteiger charge is 2.23. The fourth-order valence-corrected chi connectivity index (χ4v) is 1.90. The molecule has 76 valence electrons. The summed E-state index contributed by atoms with van der Waals surface area (Å²) in [5, 5.41) is 11.7. The lowest BCUT2D eigenvalue weighted by molar-refractivity contribution is -0.124. The molecule has 2 rings (SSSR count). The average molecular weight is 194 g/mol. The Balaban J connectivity index is 1.99. The molecule has 1 saturated carbocycles. The summed E-state index contributed by atoms with van der Waals surface area (Å²) >= 11 is 0. The van der Waals surface area contributed by atoms with Crippen molar-refractivity contribution in [3.8, 4) is 0 Å². The first kappa shape index (κ1) is 9.30. The minimum absolute atomic E-state index is 0.132. The zero-order chi connectivity index (χ0) is 9.97. The van der Waals surface area contributed by atoms with Crippen LogP contribution in [0.25, 0.3) is 0 Å². The molecule has 1 atom stereocenters. The summed E-state index contributed by atoms with van der Waals surface area (Å²) in [5.41, 5.74) is 0. The molecular weight excluding hydrogens is 180 g/mol. The molecule has 1 aromatic rings. The van der Waals surface area contributed by atoms with Gasteiger partial charge in [0.1, 0.15) is 5.78 Å². The van der Waals surface area contributed by atoms with Crippen LogP contribution in [0.1, 0.15) is 31.5 Å². The molecule has 0 aromatic carbocycles. The van der Waals surface area contributed by atoms with E-state index in [-0.39, 0.29) is 5.92 Å². The number of aromatic nitrogens is 4. The summed E-state index contributed by atoms with van der Waals surface area (Å²) in [5.74, 6) is 1.18. The van der Waals surface area contributed by atoms with E-state index in [0.717, 1.165) is 25.7 Å². The molecule has 1 aliphatic rings. The van der Waals surface area contributed by atoms with Gasteiger partial charge in [0.15, 0.2) is 5.82 Å². The number of hydrogen-bond donors (Lipinski definition) is 0. The topological polar surface area (TPSA) is 60.7 Å². The molecule has 5 nitrogen and oxygen atoms in total. The molecule has 14 heavy (non-hydrogen) atoms. The van der Waals surface area contributed by atoms with E-state index < -0.39 is 0 Å². The van der Waals surface area contributed by atoms with Gasteiger partial charge in [-0.2, -0.15) is 4.80 Å². The van der Waals surface area contributed by atoms with Crippen LogP contribution in [0, 0.1) is 5.92 Å². The lowest BCUT2D eigenvalue weighted by Crippen LogP contribution is -2.21. The third kappa shape index (κ3) is 1.97. The van der Waals surface area contributed by atoms with Crippen LogP contribution in [0.3, 0.4) is 0 Å².